The van der Waals surface area contributed by atoms with Gasteiger partial charge in [0.25, 0.3) is 5.91 Å². The van der Waals surface area contributed by atoms with Crippen molar-refractivity contribution >= 4 is 29.2 Å². The molecule has 236 valence electrons. The first kappa shape index (κ1) is 31.7. The van der Waals surface area contributed by atoms with Crippen molar-refractivity contribution < 1.29 is 19.4 Å². The van der Waals surface area contributed by atoms with Gasteiger partial charge in [-0.2, -0.15) is 0 Å². The molecule has 0 unspecified atom stereocenters. The fourth-order valence-corrected chi connectivity index (χ4v) is 6.22. The molecular formula is C32H42ClN7O4. The largest absolute Gasteiger partial charge is 0.487 e. The van der Waals surface area contributed by atoms with E-state index in [1.54, 1.807) is 13.0 Å². The van der Waals surface area contributed by atoms with Crippen molar-refractivity contribution in [3.05, 3.63) is 69.8 Å². The van der Waals surface area contributed by atoms with E-state index in [-0.39, 0.29) is 30.1 Å². The Balaban J connectivity index is 1.08. The lowest BCUT2D eigenvalue weighted by Crippen LogP contribution is -2.42. The Labute approximate surface area is 263 Å². The van der Waals surface area contributed by atoms with Crippen LogP contribution in [0.15, 0.2) is 47.9 Å². The number of benzene rings is 1. The first-order valence-corrected chi connectivity index (χ1v) is 15.7. The summed E-state index contributed by atoms with van der Waals surface area (Å²) >= 11 is 6.76. The van der Waals surface area contributed by atoms with Crippen molar-refractivity contribution in [1.29, 1.82) is 0 Å². The number of halogens is 1. The number of aliphatic hydroxyl groups is 1. The fourth-order valence-electron chi connectivity index (χ4n) is 5.89. The van der Waals surface area contributed by atoms with Gasteiger partial charge in [0, 0.05) is 69.6 Å². The van der Waals surface area contributed by atoms with Crippen LogP contribution in [0.5, 0.6) is 5.75 Å². The standard InChI is InChI=1S/C32H42ClN7O4/c1-21(41)40-13-9-24(10-14-40)38-30-15-28(36-20-37-30)32(43)35-16-25(42)18-39-12-11-26-22(17-39)7-8-29(31(26)33)44-19-23-5-3-2-4-6-27(23)34/h3,5,7-8,15,20,24-25,42H,2,4,6,9-14,16-19,34H2,1H3,(H,35,43)(H,36,37,38)/t25-/m0/s1. The molecule has 2 aliphatic heterocycles. The third-order valence-corrected chi connectivity index (χ3v) is 8.88. The summed E-state index contributed by atoms with van der Waals surface area (Å²) in [5.74, 6) is 0.930. The zero-order valence-corrected chi connectivity index (χ0v) is 26.0. The number of carbonyl (C=O) groups is 2. The molecule has 3 heterocycles. The SMILES string of the molecule is CC(=O)N1CCC(Nc2cc(C(=O)NC[C@H](O)CN3CCc4c(ccc(OCC5=C(N)CCCC=C5)c4Cl)C3)ncn2)CC1. The summed E-state index contributed by atoms with van der Waals surface area (Å²) in [5, 5.41) is 17.5. The Hall–Kier alpha value is -3.67. The Kier molecular flexibility index (Phi) is 10.7. The minimum atomic E-state index is -0.754. The number of nitrogens with two attached hydrogens (primary N) is 1. The van der Waals surface area contributed by atoms with Gasteiger partial charge in [0.15, 0.2) is 0 Å². The zero-order valence-electron chi connectivity index (χ0n) is 25.2. The second-order valence-electron chi connectivity index (χ2n) is 11.7. The quantitative estimate of drug-likeness (QED) is 0.314. The van der Waals surface area contributed by atoms with Crippen LogP contribution in [0.1, 0.15) is 60.6 Å². The molecule has 5 N–H and O–H groups in total. The van der Waals surface area contributed by atoms with Gasteiger partial charge in [0.05, 0.1) is 11.1 Å². The molecule has 2 aromatic rings. The number of fused-ring (bicyclic) bond motifs is 1. The summed E-state index contributed by atoms with van der Waals surface area (Å²) in [6.45, 7) is 5.24. The van der Waals surface area contributed by atoms with Crippen LogP contribution in [0.3, 0.4) is 0 Å². The van der Waals surface area contributed by atoms with Crippen LogP contribution in [-0.2, 0) is 17.8 Å². The first-order valence-electron chi connectivity index (χ1n) is 15.4. The van der Waals surface area contributed by atoms with Gasteiger partial charge in [-0.05, 0) is 55.7 Å². The van der Waals surface area contributed by atoms with Crippen molar-refractivity contribution in [3.8, 4) is 5.75 Å². The van der Waals surface area contributed by atoms with Crippen molar-refractivity contribution in [2.24, 2.45) is 5.73 Å². The normalized spacial score (nSPS) is 18.4. The molecule has 2 amide bonds. The molecule has 0 spiro atoms. The number of nitrogens with zero attached hydrogens (tertiary/aromatic N) is 4. The van der Waals surface area contributed by atoms with Gasteiger partial charge >= 0.3 is 0 Å². The van der Waals surface area contributed by atoms with Gasteiger partial charge in [-0.1, -0.05) is 29.8 Å². The maximum Gasteiger partial charge on any atom is 0.270 e. The second-order valence-corrected chi connectivity index (χ2v) is 12.1. The van der Waals surface area contributed by atoms with E-state index >= 15 is 0 Å². The molecule has 44 heavy (non-hydrogen) atoms. The smallest absolute Gasteiger partial charge is 0.270 e. The second kappa shape index (κ2) is 14.9. The molecule has 1 fully saturated rings. The summed E-state index contributed by atoms with van der Waals surface area (Å²) in [5.41, 5.74) is 10.5. The molecule has 1 saturated heterocycles. The Morgan fingerprint density at radius 1 is 1.20 bits per heavy atom. The van der Waals surface area contributed by atoms with E-state index in [0.717, 1.165) is 67.5 Å². The number of ether oxygens (including phenoxy) is 1. The van der Waals surface area contributed by atoms with Gasteiger partial charge in [-0.25, -0.2) is 9.97 Å². The number of piperidine rings is 1. The number of anilines is 1. The maximum absolute atomic E-state index is 12.8. The van der Waals surface area contributed by atoms with E-state index in [1.165, 1.54) is 6.33 Å². The highest BCUT2D eigenvalue weighted by Crippen LogP contribution is 2.34. The number of allylic oxidation sites excluding steroid dienone is 2. The summed E-state index contributed by atoms with van der Waals surface area (Å²) in [6, 6.07) is 5.72. The van der Waals surface area contributed by atoms with Gasteiger partial charge in [0.2, 0.25) is 5.91 Å². The average Bonchev–Trinajstić information content (AvgIpc) is 3.23. The number of hydrogen-bond acceptors (Lipinski definition) is 9. The monoisotopic (exact) mass is 623 g/mol. The lowest BCUT2D eigenvalue weighted by atomic mass is 9.99. The number of rotatable bonds is 10. The molecule has 12 heteroatoms. The Bertz CT molecular complexity index is 1410. The molecule has 5 rings (SSSR count). The Morgan fingerprint density at radius 2 is 2.02 bits per heavy atom. The number of nitrogens with one attached hydrogen (secondary N) is 2. The number of likely N-dealkylation sites (tertiary alicyclic amines) is 1. The van der Waals surface area contributed by atoms with Crippen LogP contribution in [0.4, 0.5) is 5.82 Å². The molecule has 0 saturated carbocycles. The van der Waals surface area contributed by atoms with Crippen LogP contribution in [0.25, 0.3) is 0 Å². The summed E-state index contributed by atoms with van der Waals surface area (Å²) in [6.07, 6.45) is 10.1. The summed E-state index contributed by atoms with van der Waals surface area (Å²) < 4.78 is 6.07. The predicted octanol–water partition coefficient (Wildman–Crippen LogP) is 3.03. The van der Waals surface area contributed by atoms with Gasteiger partial charge in [-0.3, -0.25) is 14.5 Å². The van der Waals surface area contributed by atoms with E-state index < -0.39 is 6.10 Å². The van der Waals surface area contributed by atoms with Crippen molar-refractivity contribution in [2.75, 3.05) is 44.6 Å². The van der Waals surface area contributed by atoms with Gasteiger partial charge < -0.3 is 31.1 Å². The molecular weight excluding hydrogens is 582 g/mol. The van der Waals surface area contributed by atoms with E-state index in [0.29, 0.717) is 49.4 Å². The van der Waals surface area contributed by atoms with E-state index in [9.17, 15) is 14.7 Å². The number of aromatic nitrogens is 2. The predicted molar refractivity (Wildman–Crippen MR) is 169 cm³/mol. The van der Waals surface area contributed by atoms with Crippen LogP contribution < -0.4 is 21.1 Å². The summed E-state index contributed by atoms with van der Waals surface area (Å²) in [4.78, 5) is 36.7. The van der Waals surface area contributed by atoms with E-state index in [1.807, 2.05) is 23.1 Å². The molecule has 1 aromatic carbocycles. The lowest BCUT2D eigenvalue weighted by Gasteiger charge is -2.32. The van der Waals surface area contributed by atoms with Crippen molar-refractivity contribution in [1.82, 2.24) is 25.1 Å². The fraction of sp³-hybridized carbons (Fsp3) is 0.500. The number of amides is 2. The molecule has 0 bridgehead atoms. The van der Waals surface area contributed by atoms with Crippen LogP contribution >= 0.6 is 11.6 Å². The van der Waals surface area contributed by atoms with E-state index in [2.05, 4.69) is 31.6 Å². The van der Waals surface area contributed by atoms with Crippen molar-refractivity contribution in [3.63, 3.8) is 0 Å². The Morgan fingerprint density at radius 3 is 2.82 bits per heavy atom. The van der Waals surface area contributed by atoms with Crippen LogP contribution in [0, 0.1) is 0 Å². The molecule has 1 aliphatic carbocycles. The molecule has 0 radical (unpaired) electrons. The van der Waals surface area contributed by atoms with Crippen LogP contribution in [0.2, 0.25) is 5.02 Å². The van der Waals surface area contributed by atoms with E-state index in [4.69, 9.17) is 22.1 Å². The number of β-amino-alcohol motifs (C(OH)–C–C–N with tert-alkyl or cyclic N) is 1. The van der Waals surface area contributed by atoms with Crippen LogP contribution in [-0.4, -0.2) is 88.2 Å². The third-order valence-electron chi connectivity index (χ3n) is 8.47. The highest BCUT2D eigenvalue weighted by Gasteiger charge is 2.24. The third kappa shape index (κ3) is 8.28. The molecule has 11 nitrogen and oxygen atoms in total. The number of carbonyl (C=O) groups excluding carboxylic acids is 2. The topological polar surface area (TPSA) is 146 Å². The molecule has 3 aliphatic rings. The molecule has 1 aromatic heterocycles. The minimum absolute atomic E-state index is 0.0866. The number of hydrogen-bond donors (Lipinski definition) is 4. The number of aliphatic hydroxyl groups excluding tert-OH is 1. The average molecular weight is 624 g/mol. The van der Waals surface area contributed by atoms with Gasteiger partial charge in [-0.15, -0.1) is 0 Å². The minimum Gasteiger partial charge on any atom is -0.487 e. The first-order chi connectivity index (χ1) is 21.3. The zero-order chi connectivity index (χ0) is 31.1. The molecule has 1 atom stereocenters. The van der Waals surface area contributed by atoms with Crippen molar-refractivity contribution in [2.45, 2.75) is 64.1 Å². The van der Waals surface area contributed by atoms with Gasteiger partial charge in [0.1, 0.15) is 30.2 Å². The summed E-state index contributed by atoms with van der Waals surface area (Å²) in [7, 11) is 0. The highest BCUT2D eigenvalue weighted by molar-refractivity contribution is 6.33. The lowest BCUT2D eigenvalue weighted by molar-refractivity contribution is -0.129. The maximum atomic E-state index is 12.8. The highest BCUT2D eigenvalue weighted by atomic mass is 35.5.